The molecular weight excluding hydrogens is 291 g/mol. The summed E-state index contributed by atoms with van der Waals surface area (Å²) >= 11 is 0. The van der Waals surface area contributed by atoms with Crippen LogP contribution in [0, 0.1) is 23.6 Å². The molecule has 0 amide bonds. The molecule has 114 valence electrons. The maximum Gasteiger partial charge on any atom is 0.240 e. The van der Waals surface area contributed by atoms with Crippen LogP contribution in [0.5, 0.6) is 0 Å². The quantitative estimate of drug-likeness (QED) is 0.812. The number of halogens is 1. The lowest BCUT2D eigenvalue weighted by Crippen LogP contribution is -2.33. The molecule has 0 bridgehead atoms. The van der Waals surface area contributed by atoms with Crippen molar-refractivity contribution in [2.45, 2.75) is 37.1 Å². The summed E-state index contributed by atoms with van der Waals surface area (Å²) in [6.07, 6.45) is 3.15. The molecule has 3 N–H and O–H groups in total. The van der Waals surface area contributed by atoms with E-state index in [4.69, 9.17) is 5.73 Å². The molecule has 0 radical (unpaired) electrons. The third-order valence-corrected chi connectivity index (χ3v) is 4.90. The predicted octanol–water partition coefficient (Wildman–Crippen LogP) is 1.60. The number of sulfonamides is 1. The lowest BCUT2D eigenvalue weighted by Gasteiger charge is -2.14. The monoisotopic (exact) mass is 310 g/mol. The first-order valence-corrected chi connectivity index (χ1v) is 8.41. The molecule has 0 aromatic heterocycles. The maximum absolute atomic E-state index is 13.8. The van der Waals surface area contributed by atoms with Gasteiger partial charge in [-0.25, -0.2) is 17.5 Å². The molecule has 4 nitrogen and oxygen atoms in total. The Morgan fingerprint density at radius 1 is 1.48 bits per heavy atom. The summed E-state index contributed by atoms with van der Waals surface area (Å²) in [4.78, 5) is -0.0825. The fourth-order valence-electron chi connectivity index (χ4n) is 2.15. The molecule has 1 atom stereocenters. The number of hydrogen-bond donors (Lipinski definition) is 2. The molecule has 1 aromatic carbocycles. The average molecular weight is 310 g/mol. The van der Waals surface area contributed by atoms with E-state index in [0.717, 1.165) is 25.3 Å². The molecule has 1 aliphatic carbocycles. The normalized spacial score (nSPS) is 16.1. The molecule has 1 saturated carbocycles. The van der Waals surface area contributed by atoms with Crippen molar-refractivity contribution in [2.75, 3.05) is 6.54 Å². The first-order chi connectivity index (χ1) is 9.92. The molecule has 1 fully saturated rings. The van der Waals surface area contributed by atoms with E-state index in [0.29, 0.717) is 5.92 Å². The SMILES string of the molecule is CC(CC1CC1)NS(=O)(=O)c1ccc(C#CCN)c(F)c1. The Labute approximate surface area is 125 Å². The molecule has 0 aliphatic heterocycles. The fraction of sp³-hybridized carbons (Fsp3) is 0.467. The van der Waals surface area contributed by atoms with Crippen molar-refractivity contribution in [1.82, 2.24) is 4.72 Å². The van der Waals surface area contributed by atoms with Gasteiger partial charge in [-0.3, -0.25) is 0 Å². The van der Waals surface area contributed by atoms with Gasteiger partial charge < -0.3 is 5.73 Å². The summed E-state index contributed by atoms with van der Waals surface area (Å²) in [5.74, 6) is 5.06. The van der Waals surface area contributed by atoms with Crippen LogP contribution in [0.15, 0.2) is 23.1 Å². The zero-order chi connectivity index (χ0) is 15.5. The van der Waals surface area contributed by atoms with E-state index in [2.05, 4.69) is 16.6 Å². The largest absolute Gasteiger partial charge is 0.320 e. The lowest BCUT2D eigenvalue weighted by atomic mass is 10.2. The van der Waals surface area contributed by atoms with Crippen LogP contribution in [0.4, 0.5) is 4.39 Å². The minimum atomic E-state index is -3.70. The Balaban J connectivity index is 2.13. The molecular formula is C15H19FN2O2S. The standard InChI is InChI=1S/C15H19FN2O2S/c1-11(9-12-4-5-12)18-21(19,20)14-7-6-13(3-2-8-17)15(16)10-14/h6-7,10-12,18H,4-5,8-9,17H2,1H3. The second kappa shape index (κ2) is 6.56. The average Bonchev–Trinajstić information content (AvgIpc) is 3.20. The highest BCUT2D eigenvalue weighted by Crippen LogP contribution is 2.33. The Bertz CT molecular complexity index is 673. The fourth-order valence-corrected chi connectivity index (χ4v) is 3.41. The predicted molar refractivity (Wildman–Crippen MR) is 79.5 cm³/mol. The van der Waals surface area contributed by atoms with E-state index in [-0.39, 0.29) is 23.0 Å². The first kappa shape index (κ1) is 16.0. The van der Waals surface area contributed by atoms with E-state index in [1.54, 1.807) is 0 Å². The van der Waals surface area contributed by atoms with E-state index >= 15 is 0 Å². The smallest absolute Gasteiger partial charge is 0.240 e. The number of hydrogen-bond acceptors (Lipinski definition) is 3. The van der Waals surface area contributed by atoms with Crippen LogP contribution in [0.1, 0.15) is 31.7 Å². The Morgan fingerprint density at radius 3 is 2.76 bits per heavy atom. The topological polar surface area (TPSA) is 72.2 Å². The lowest BCUT2D eigenvalue weighted by molar-refractivity contribution is 0.528. The van der Waals surface area contributed by atoms with E-state index < -0.39 is 15.8 Å². The van der Waals surface area contributed by atoms with Crippen molar-refractivity contribution in [3.8, 4) is 11.8 Å². The number of nitrogens with one attached hydrogen (secondary N) is 1. The summed E-state index contributed by atoms with van der Waals surface area (Å²) in [5, 5.41) is 0. The van der Waals surface area contributed by atoms with Crippen LogP contribution in [0.3, 0.4) is 0 Å². The van der Waals surface area contributed by atoms with Gasteiger partial charge in [0.1, 0.15) is 5.82 Å². The van der Waals surface area contributed by atoms with Crippen LogP contribution in [-0.2, 0) is 10.0 Å². The first-order valence-electron chi connectivity index (χ1n) is 6.93. The van der Waals surface area contributed by atoms with Gasteiger partial charge in [0.2, 0.25) is 10.0 Å². The number of rotatable bonds is 5. The number of nitrogens with two attached hydrogens (primary N) is 1. The van der Waals surface area contributed by atoms with Gasteiger partial charge in [0.05, 0.1) is 17.0 Å². The molecule has 6 heteroatoms. The van der Waals surface area contributed by atoms with E-state index in [1.165, 1.54) is 12.1 Å². The van der Waals surface area contributed by atoms with Crippen molar-refractivity contribution < 1.29 is 12.8 Å². The zero-order valence-corrected chi connectivity index (χ0v) is 12.7. The van der Waals surface area contributed by atoms with Gasteiger partial charge in [0.25, 0.3) is 0 Å². The molecule has 0 spiro atoms. The molecule has 2 rings (SSSR count). The third kappa shape index (κ3) is 4.53. The molecule has 1 aliphatic rings. The molecule has 1 unspecified atom stereocenters. The van der Waals surface area contributed by atoms with Crippen LogP contribution >= 0.6 is 0 Å². The number of benzene rings is 1. The summed E-state index contributed by atoms with van der Waals surface area (Å²) in [6.45, 7) is 1.95. The highest BCUT2D eigenvalue weighted by molar-refractivity contribution is 7.89. The van der Waals surface area contributed by atoms with Crippen molar-refractivity contribution in [2.24, 2.45) is 11.7 Å². The van der Waals surface area contributed by atoms with Crippen molar-refractivity contribution >= 4 is 10.0 Å². The Kier molecular flexibility index (Phi) is 4.99. The van der Waals surface area contributed by atoms with Gasteiger partial charge in [0, 0.05) is 6.04 Å². The maximum atomic E-state index is 13.8. The summed E-state index contributed by atoms with van der Waals surface area (Å²) in [5.41, 5.74) is 5.37. The summed E-state index contributed by atoms with van der Waals surface area (Å²) < 4.78 is 40.8. The molecule has 0 heterocycles. The third-order valence-electron chi connectivity index (χ3n) is 3.32. The molecule has 0 saturated heterocycles. The van der Waals surface area contributed by atoms with E-state index in [1.807, 2.05) is 6.92 Å². The van der Waals surface area contributed by atoms with Gasteiger partial charge in [0.15, 0.2) is 0 Å². The molecule has 1 aromatic rings. The van der Waals surface area contributed by atoms with Gasteiger partial charge in [-0.15, -0.1) is 0 Å². The summed E-state index contributed by atoms with van der Waals surface area (Å²) in [6, 6.07) is 3.56. The van der Waals surface area contributed by atoms with Crippen LogP contribution < -0.4 is 10.5 Å². The highest BCUT2D eigenvalue weighted by Gasteiger charge is 2.26. The highest BCUT2D eigenvalue weighted by atomic mass is 32.2. The van der Waals surface area contributed by atoms with Gasteiger partial charge in [-0.2, -0.15) is 0 Å². The zero-order valence-electron chi connectivity index (χ0n) is 11.9. The molecule has 21 heavy (non-hydrogen) atoms. The van der Waals surface area contributed by atoms with Crippen LogP contribution in [0.2, 0.25) is 0 Å². The second-order valence-corrected chi connectivity index (χ2v) is 7.06. The van der Waals surface area contributed by atoms with E-state index in [9.17, 15) is 12.8 Å². The summed E-state index contributed by atoms with van der Waals surface area (Å²) in [7, 11) is -3.70. The van der Waals surface area contributed by atoms with Crippen molar-refractivity contribution in [3.63, 3.8) is 0 Å². The van der Waals surface area contributed by atoms with Crippen molar-refractivity contribution in [3.05, 3.63) is 29.6 Å². The Hall–Kier alpha value is -1.42. The van der Waals surface area contributed by atoms with Crippen molar-refractivity contribution in [1.29, 1.82) is 0 Å². The van der Waals surface area contributed by atoms with Gasteiger partial charge >= 0.3 is 0 Å². The van der Waals surface area contributed by atoms with Crippen LogP contribution in [0.25, 0.3) is 0 Å². The van der Waals surface area contributed by atoms with Gasteiger partial charge in [-0.05, 0) is 37.5 Å². The minimum Gasteiger partial charge on any atom is -0.320 e. The minimum absolute atomic E-state index is 0.0825. The second-order valence-electron chi connectivity index (χ2n) is 5.35. The van der Waals surface area contributed by atoms with Gasteiger partial charge in [-0.1, -0.05) is 24.7 Å². The van der Waals surface area contributed by atoms with Crippen LogP contribution in [-0.4, -0.2) is 21.0 Å². The Morgan fingerprint density at radius 2 is 2.19 bits per heavy atom.